The number of hydrogen-bond acceptors (Lipinski definition) is 2. The number of anilines is 1. The number of aromatic nitrogens is 2. The summed E-state index contributed by atoms with van der Waals surface area (Å²) in [5.41, 5.74) is 7.28. The van der Waals surface area contributed by atoms with E-state index in [1.54, 1.807) is 0 Å². The van der Waals surface area contributed by atoms with E-state index in [0.29, 0.717) is 5.69 Å². The lowest BCUT2D eigenvalue weighted by molar-refractivity contribution is 0.102. The van der Waals surface area contributed by atoms with Gasteiger partial charge in [0.1, 0.15) is 0 Å². The summed E-state index contributed by atoms with van der Waals surface area (Å²) in [7, 11) is 0. The van der Waals surface area contributed by atoms with E-state index in [2.05, 4.69) is 48.6 Å². The maximum absolute atomic E-state index is 13.3. The molecule has 4 heteroatoms. The minimum atomic E-state index is -0.221. The van der Waals surface area contributed by atoms with E-state index < -0.39 is 0 Å². The Hall–Kier alpha value is -4.18. The Bertz CT molecular complexity index is 1450. The van der Waals surface area contributed by atoms with Crippen LogP contribution in [0.1, 0.15) is 27.2 Å². The molecule has 5 rings (SSSR count). The molecule has 0 aliphatic rings. The summed E-state index contributed by atoms with van der Waals surface area (Å²) in [4.78, 5) is 13.3. The highest BCUT2D eigenvalue weighted by molar-refractivity contribution is 6.05. The topological polar surface area (TPSA) is 46.9 Å². The van der Waals surface area contributed by atoms with Gasteiger partial charge in [-0.2, -0.15) is 5.10 Å². The molecular formula is C29H25N3O. The highest BCUT2D eigenvalue weighted by atomic mass is 16.2. The zero-order chi connectivity index (χ0) is 22.9. The van der Waals surface area contributed by atoms with Crippen LogP contribution in [0.2, 0.25) is 0 Å². The van der Waals surface area contributed by atoms with Crippen molar-refractivity contribution in [2.75, 3.05) is 5.32 Å². The summed E-state index contributed by atoms with van der Waals surface area (Å²) in [6.07, 6.45) is 0. The Morgan fingerprint density at radius 3 is 2.21 bits per heavy atom. The normalized spacial score (nSPS) is 11.0. The molecule has 0 saturated heterocycles. The van der Waals surface area contributed by atoms with E-state index in [4.69, 9.17) is 5.10 Å². The van der Waals surface area contributed by atoms with Crippen molar-refractivity contribution in [2.45, 2.75) is 20.8 Å². The van der Waals surface area contributed by atoms with E-state index in [1.807, 2.05) is 73.1 Å². The Kier molecular flexibility index (Phi) is 5.27. The summed E-state index contributed by atoms with van der Waals surface area (Å²) >= 11 is 0. The molecule has 5 aromatic rings. The maximum Gasteiger partial charge on any atom is 0.276 e. The number of para-hydroxylation sites is 1. The molecule has 0 radical (unpaired) electrons. The molecule has 4 nitrogen and oxygen atoms in total. The molecular weight excluding hydrogens is 406 g/mol. The molecule has 0 fully saturated rings. The summed E-state index contributed by atoms with van der Waals surface area (Å²) in [5.74, 6) is -0.221. The molecule has 0 unspecified atom stereocenters. The van der Waals surface area contributed by atoms with Crippen molar-refractivity contribution in [3.05, 3.63) is 113 Å². The van der Waals surface area contributed by atoms with Crippen LogP contribution in [-0.4, -0.2) is 15.7 Å². The van der Waals surface area contributed by atoms with Gasteiger partial charge in [-0.25, -0.2) is 4.68 Å². The van der Waals surface area contributed by atoms with Crippen LogP contribution in [0.5, 0.6) is 0 Å². The number of amides is 1. The molecule has 1 N–H and O–H groups in total. The van der Waals surface area contributed by atoms with E-state index in [1.165, 1.54) is 5.56 Å². The van der Waals surface area contributed by atoms with Crippen LogP contribution < -0.4 is 5.32 Å². The Balaban J connectivity index is 1.63. The van der Waals surface area contributed by atoms with Crippen LogP contribution >= 0.6 is 0 Å². The lowest BCUT2D eigenvalue weighted by Crippen LogP contribution is -2.15. The van der Waals surface area contributed by atoms with Gasteiger partial charge in [-0.3, -0.25) is 4.79 Å². The molecule has 0 spiro atoms. The largest absolute Gasteiger partial charge is 0.320 e. The van der Waals surface area contributed by atoms with Gasteiger partial charge in [-0.05, 0) is 60.9 Å². The first-order valence-electron chi connectivity index (χ1n) is 11.0. The Morgan fingerprint density at radius 2 is 1.45 bits per heavy atom. The number of carbonyl (C=O) groups is 1. The highest BCUT2D eigenvalue weighted by Crippen LogP contribution is 2.31. The number of aryl methyl sites for hydroxylation is 3. The third kappa shape index (κ3) is 3.92. The van der Waals surface area contributed by atoms with Gasteiger partial charge in [0.2, 0.25) is 0 Å². The predicted octanol–water partition coefficient (Wildman–Crippen LogP) is 6.87. The summed E-state index contributed by atoms with van der Waals surface area (Å²) < 4.78 is 1.85. The number of carbonyl (C=O) groups excluding carboxylic acids is 1. The van der Waals surface area contributed by atoms with Crippen molar-refractivity contribution < 1.29 is 4.79 Å². The average Bonchev–Trinajstić information content (AvgIpc) is 3.27. The molecule has 0 saturated carbocycles. The molecule has 33 heavy (non-hydrogen) atoms. The zero-order valence-electron chi connectivity index (χ0n) is 19.0. The molecule has 0 aliphatic heterocycles. The predicted molar refractivity (Wildman–Crippen MR) is 135 cm³/mol. The fourth-order valence-corrected chi connectivity index (χ4v) is 4.45. The first kappa shape index (κ1) is 20.7. The van der Waals surface area contributed by atoms with Gasteiger partial charge in [0, 0.05) is 11.3 Å². The van der Waals surface area contributed by atoms with Gasteiger partial charge in [0.25, 0.3) is 5.91 Å². The molecule has 0 aliphatic carbocycles. The van der Waals surface area contributed by atoms with Gasteiger partial charge in [0.15, 0.2) is 5.69 Å². The number of benzene rings is 4. The fraction of sp³-hybridized carbons (Fsp3) is 0.103. The molecule has 4 aromatic carbocycles. The molecule has 1 aromatic heterocycles. The third-order valence-electron chi connectivity index (χ3n) is 5.92. The van der Waals surface area contributed by atoms with Crippen molar-refractivity contribution >= 4 is 22.4 Å². The van der Waals surface area contributed by atoms with Crippen LogP contribution in [0.25, 0.3) is 27.7 Å². The number of rotatable bonds is 4. The van der Waals surface area contributed by atoms with Crippen LogP contribution in [0, 0.1) is 20.8 Å². The van der Waals surface area contributed by atoms with Gasteiger partial charge < -0.3 is 5.32 Å². The number of fused-ring (bicyclic) bond motifs is 1. The fourth-order valence-electron chi connectivity index (χ4n) is 4.45. The lowest BCUT2D eigenvalue weighted by atomic mass is 10.0. The summed E-state index contributed by atoms with van der Waals surface area (Å²) in [6, 6.07) is 30.4. The van der Waals surface area contributed by atoms with Crippen LogP contribution in [0.4, 0.5) is 5.69 Å². The number of nitrogens with zero attached hydrogens (tertiary/aromatic N) is 2. The first-order valence-corrected chi connectivity index (χ1v) is 11.0. The minimum Gasteiger partial charge on any atom is -0.320 e. The van der Waals surface area contributed by atoms with Crippen molar-refractivity contribution in [3.8, 4) is 16.9 Å². The second-order valence-electron chi connectivity index (χ2n) is 8.42. The van der Waals surface area contributed by atoms with E-state index >= 15 is 0 Å². The first-order chi connectivity index (χ1) is 16.0. The zero-order valence-corrected chi connectivity index (χ0v) is 19.0. The lowest BCUT2D eigenvalue weighted by Gasteiger charge is -2.12. The van der Waals surface area contributed by atoms with Crippen molar-refractivity contribution in [1.29, 1.82) is 0 Å². The molecule has 0 atom stereocenters. The number of hydrogen-bond donors (Lipinski definition) is 1. The third-order valence-corrected chi connectivity index (χ3v) is 5.92. The second kappa shape index (κ2) is 8.40. The van der Waals surface area contributed by atoms with E-state index in [0.717, 1.165) is 44.5 Å². The van der Waals surface area contributed by atoms with Crippen molar-refractivity contribution in [2.24, 2.45) is 0 Å². The van der Waals surface area contributed by atoms with Crippen molar-refractivity contribution in [3.63, 3.8) is 0 Å². The number of nitrogens with one attached hydrogen (secondary N) is 1. The van der Waals surface area contributed by atoms with Gasteiger partial charge >= 0.3 is 0 Å². The minimum absolute atomic E-state index is 0.221. The quantitative estimate of drug-likeness (QED) is 0.337. The highest BCUT2D eigenvalue weighted by Gasteiger charge is 2.19. The van der Waals surface area contributed by atoms with E-state index in [-0.39, 0.29) is 5.91 Å². The van der Waals surface area contributed by atoms with Gasteiger partial charge in [-0.1, -0.05) is 78.4 Å². The molecule has 1 amide bonds. The second-order valence-corrected chi connectivity index (χ2v) is 8.42. The summed E-state index contributed by atoms with van der Waals surface area (Å²) in [6.45, 7) is 6.09. The average molecular weight is 432 g/mol. The SMILES string of the molecule is Cc1cc(C)c(NC(=O)c2cc(-c3cccc4ccccc34)n(-c3ccccc3)n2)c(C)c1. The monoisotopic (exact) mass is 431 g/mol. The smallest absolute Gasteiger partial charge is 0.276 e. The van der Waals surface area contributed by atoms with Crippen LogP contribution in [-0.2, 0) is 0 Å². The van der Waals surface area contributed by atoms with Crippen molar-refractivity contribution in [1.82, 2.24) is 9.78 Å². The van der Waals surface area contributed by atoms with E-state index in [9.17, 15) is 4.79 Å². The maximum atomic E-state index is 13.3. The Morgan fingerprint density at radius 1 is 0.788 bits per heavy atom. The Labute approximate surface area is 193 Å². The molecule has 0 bridgehead atoms. The van der Waals surface area contributed by atoms with Gasteiger partial charge in [0.05, 0.1) is 11.4 Å². The summed E-state index contributed by atoms with van der Waals surface area (Å²) in [5, 5.41) is 10.1. The van der Waals surface area contributed by atoms with Crippen LogP contribution in [0.15, 0.2) is 91.0 Å². The van der Waals surface area contributed by atoms with Gasteiger partial charge in [-0.15, -0.1) is 0 Å². The van der Waals surface area contributed by atoms with Crippen LogP contribution in [0.3, 0.4) is 0 Å². The molecule has 1 heterocycles. The molecule has 162 valence electrons. The standard InChI is InChI=1S/C29H25N3O/c1-19-16-20(2)28(21(3)17-19)30-29(33)26-18-27(32(31-26)23-12-5-4-6-13-23)25-15-9-11-22-10-7-8-14-24(22)25/h4-18H,1-3H3,(H,30,33).